The summed E-state index contributed by atoms with van der Waals surface area (Å²) in [7, 11) is 0. The van der Waals surface area contributed by atoms with Gasteiger partial charge in [-0.2, -0.15) is 5.26 Å². The maximum absolute atomic E-state index is 9.28. The number of allylic oxidation sites excluding steroid dienone is 1. The van der Waals surface area contributed by atoms with Gasteiger partial charge < -0.3 is 4.42 Å². The predicted octanol–water partition coefficient (Wildman–Crippen LogP) is 4.26. The first-order chi connectivity index (χ1) is 9.26. The molecule has 1 aromatic carbocycles. The number of hydrogen-bond donors (Lipinski definition) is 0. The number of nitrogens with zero attached hydrogens (tertiary/aromatic N) is 2. The third-order valence-corrected chi connectivity index (χ3v) is 3.76. The molecule has 0 atom stereocenters. The van der Waals surface area contributed by atoms with E-state index in [2.05, 4.69) is 11.1 Å². The van der Waals surface area contributed by atoms with Crippen LogP contribution in [-0.4, -0.2) is 4.98 Å². The fourth-order valence-corrected chi connectivity index (χ4v) is 2.73. The summed E-state index contributed by atoms with van der Waals surface area (Å²) in [6.45, 7) is 1.88. The Bertz CT molecular complexity index is 772. The largest absolute Gasteiger partial charge is 0.462 e. The molecule has 2 heterocycles. The van der Waals surface area contributed by atoms with Crippen LogP contribution in [0.15, 0.2) is 40.8 Å². The molecule has 19 heavy (non-hydrogen) atoms. The Morgan fingerprint density at radius 1 is 1.32 bits per heavy atom. The lowest BCUT2D eigenvalue weighted by Gasteiger charge is -1.90. The zero-order valence-electron chi connectivity index (χ0n) is 10.3. The molecule has 0 amide bonds. The zero-order chi connectivity index (χ0) is 13.2. The van der Waals surface area contributed by atoms with Gasteiger partial charge in [-0.25, -0.2) is 4.98 Å². The summed E-state index contributed by atoms with van der Waals surface area (Å²) in [6.07, 6.45) is 1.73. The van der Waals surface area contributed by atoms with Gasteiger partial charge in [0.15, 0.2) is 0 Å². The van der Waals surface area contributed by atoms with Gasteiger partial charge in [0, 0.05) is 6.08 Å². The first-order valence-electron chi connectivity index (χ1n) is 5.80. The second-order valence-corrected chi connectivity index (χ2v) is 5.14. The molecule has 0 aliphatic rings. The van der Waals surface area contributed by atoms with Crippen molar-refractivity contribution in [1.82, 2.24) is 4.98 Å². The molecule has 3 rings (SSSR count). The Hall–Kier alpha value is -2.38. The highest BCUT2D eigenvalue weighted by Crippen LogP contribution is 2.28. The molecule has 0 aliphatic heterocycles. The van der Waals surface area contributed by atoms with Crippen LogP contribution in [0, 0.1) is 18.3 Å². The van der Waals surface area contributed by atoms with Crippen molar-refractivity contribution < 1.29 is 4.42 Å². The second-order valence-electron chi connectivity index (χ2n) is 4.10. The second kappa shape index (κ2) is 4.71. The molecule has 0 bridgehead atoms. The van der Waals surface area contributed by atoms with Crippen LogP contribution in [0.5, 0.6) is 0 Å². The summed E-state index contributed by atoms with van der Waals surface area (Å²) < 4.78 is 6.54. The molecule has 0 fully saturated rings. The van der Waals surface area contributed by atoms with Crippen LogP contribution in [-0.2, 0) is 0 Å². The molecule has 0 spiro atoms. The van der Waals surface area contributed by atoms with Crippen LogP contribution in [0.4, 0.5) is 0 Å². The Labute approximate surface area is 114 Å². The molecule has 3 aromatic rings. The third kappa shape index (κ3) is 2.28. The molecular formula is C15H10N2OS. The number of hydrogen-bond acceptors (Lipinski definition) is 4. The summed E-state index contributed by atoms with van der Waals surface area (Å²) >= 11 is 1.51. The zero-order valence-corrected chi connectivity index (χ0v) is 11.1. The summed E-state index contributed by atoms with van der Waals surface area (Å²) in [5.41, 5.74) is 1.44. The van der Waals surface area contributed by atoms with E-state index in [0.29, 0.717) is 11.3 Å². The smallest absolute Gasteiger partial charge is 0.135 e. The number of nitriles is 1. The number of aryl methyl sites for hydroxylation is 1. The van der Waals surface area contributed by atoms with Crippen molar-refractivity contribution in [2.75, 3.05) is 0 Å². The number of fused-ring (bicyclic) bond motifs is 1. The van der Waals surface area contributed by atoms with E-state index in [1.165, 1.54) is 11.3 Å². The fraction of sp³-hybridized carbons (Fsp3) is 0.0667. The molecule has 0 N–H and O–H groups in total. The van der Waals surface area contributed by atoms with E-state index in [9.17, 15) is 5.26 Å². The van der Waals surface area contributed by atoms with Gasteiger partial charge in [0.2, 0.25) is 0 Å². The van der Waals surface area contributed by atoms with E-state index in [-0.39, 0.29) is 0 Å². The highest BCUT2D eigenvalue weighted by atomic mass is 32.1. The summed E-state index contributed by atoms with van der Waals surface area (Å²) in [5, 5.41) is 10.00. The van der Waals surface area contributed by atoms with Gasteiger partial charge in [-0.1, -0.05) is 12.1 Å². The number of para-hydroxylation sites is 1. The molecule has 0 saturated carbocycles. The summed E-state index contributed by atoms with van der Waals surface area (Å²) in [6, 6.07) is 13.8. The topological polar surface area (TPSA) is 49.8 Å². The van der Waals surface area contributed by atoms with Gasteiger partial charge in [0.1, 0.15) is 22.6 Å². The lowest BCUT2D eigenvalue weighted by atomic mass is 10.2. The normalized spacial score (nSPS) is 11.7. The van der Waals surface area contributed by atoms with Gasteiger partial charge in [0.25, 0.3) is 0 Å². The highest BCUT2D eigenvalue weighted by Gasteiger charge is 2.09. The molecule has 92 valence electrons. The predicted molar refractivity (Wildman–Crippen MR) is 76.5 cm³/mol. The van der Waals surface area contributed by atoms with Crippen LogP contribution in [0.1, 0.15) is 16.5 Å². The van der Waals surface area contributed by atoms with E-state index in [1.807, 2.05) is 43.3 Å². The molecule has 3 nitrogen and oxygen atoms in total. The molecule has 0 unspecified atom stereocenters. The maximum atomic E-state index is 9.28. The van der Waals surface area contributed by atoms with Crippen molar-refractivity contribution in [3.63, 3.8) is 0 Å². The minimum absolute atomic E-state index is 0.524. The number of rotatable bonds is 2. The lowest BCUT2D eigenvalue weighted by molar-refractivity contribution is 0.525. The van der Waals surface area contributed by atoms with Gasteiger partial charge in [-0.05, 0) is 31.2 Å². The number of thiazole rings is 1. The van der Waals surface area contributed by atoms with Gasteiger partial charge in [-0.3, -0.25) is 0 Å². The standard InChI is InChI=1S/C15H10N2OS/c1-10-6-7-12(18-10)8-11(9-16)15-17-13-4-2-3-5-14(13)19-15/h2-8H,1H3/b11-8-. The molecule has 0 saturated heterocycles. The Balaban J connectivity index is 2.07. The van der Waals surface area contributed by atoms with E-state index in [4.69, 9.17) is 4.42 Å². The Morgan fingerprint density at radius 2 is 2.16 bits per heavy atom. The number of aromatic nitrogens is 1. The first kappa shape index (κ1) is 11.7. The Kier molecular flexibility index (Phi) is 2.90. The van der Waals surface area contributed by atoms with Crippen molar-refractivity contribution in [3.8, 4) is 6.07 Å². The molecule has 0 radical (unpaired) electrons. The lowest BCUT2D eigenvalue weighted by Crippen LogP contribution is -1.78. The van der Waals surface area contributed by atoms with Gasteiger partial charge >= 0.3 is 0 Å². The maximum Gasteiger partial charge on any atom is 0.135 e. The highest BCUT2D eigenvalue weighted by molar-refractivity contribution is 7.19. The monoisotopic (exact) mass is 266 g/mol. The van der Waals surface area contributed by atoms with Crippen LogP contribution >= 0.6 is 11.3 Å². The molecular weight excluding hydrogens is 256 g/mol. The quantitative estimate of drug-likeness (QED) is 0.651. The molecule has 2 aromatic heterocycles. The number of furan rings is 1. The fourth-order valence-electron chi connectivity index (χ4n) is 1.80. The molecule has 4 heteroatoms. The average Bonchev–Trinajstić information content (AvgIpc) is 3.01. The van der Waals surface area contributed by atoms with Crippen molar-refractivity contribution in [1.29, 1.82) is 5.26 Å². The summed E-state index contributed by atoms with van der Waals surface area (Å²) in [4.78, 5) is 4.47. The van der Waals surface area contributed by atoms with Crippen LogP contribution in [0.2, 0.25) is 0 Å². The minimum atomic E-state index is 0.524. The average molecular weight is 266 g/mol. The van der Waals surface area contributed by atoms with Crippen molar-refractivity contribution in [2.45, 2.75) is 6.92 Å². The first-order valence-corrected chi connectivity index (χ1v) is 6.62. The SMILES string of the molecule is Cc1ccc(/C=C(/C#N)c2nc3ccccc3s2)o1. The minimum Gasteiger partial charge on any atom is -0.462 e. The van der Waals surface area contributed by atoms with E-state index in [1.54, 1.807) is 6.08 Å². The van der Waals surface area contributed by atoms with Crippen LogP contribution < -0.4 is 0 Å². The van der Waals surface area contributed by atoms with Crippen LogP contribution in [0.3, 0.4) is 0 Å². The molecule has 0 aliphatic carbocycles. The van der Waals surface area contributed by atoms with E-state index >= 15 is 0 Å². The number of benzene rings is 1. The van der Waals surface area contributed by atoms with Crippen molar-refractivity contribution in [3.05, 3.63) is 52.9 Å². The van der Waals surface area contributed by atoms with E-state index in [0.717, 1.165) is 21.0 Å². The Morgan fingerprint density at radius 3 is 2.84 bits per heavy atom. The van der Waals surface area contributed by atoms with Gasteiger partial charge in [0.05, 0.1) is 15.8 Å². The summed E-state index contributed by atoms with van der Waals surface area (Å²) in [5.74, 6) is 1.50. The van der Waals surface area contributed by atoms with Gasteiger partial charge in [-0.15, -0.1) is 11.3 Å². The van der Waals surface area contributed by atoms with Crippen LogP contribution in [0.25, 0.3) is 21.9 Å². The van der Waals surface area contributed by atoms with Crippen molar-refractivity contribution in [2.24, 2.45) is 0 Å². The third-order valence-electron chi connectivity index (χ3n) is 2.69. The van der Waals surface area contributed by atoms with Crippen molar-refractivity contribution >= 4 is 33.2 Å². The van der Waals surface area contributed by atoms with E-state index < -0.39 is 0 Å².